The molecule has 0 unspecified atom stereocenters. The van der Waals surface area contributed by atoms with Crippen LogP contribution in [-0.4, -0.2) is 33.6 Å². The largest absolute Gasteiger partial charge is 0.494 e. The van der Waals surface area contributed by atoms with Crippen molar-refractivity contribution in [2.24, 2.45) is 0 Å². The van der Waals surface area contributed by atoms with Gasteiger partial charge in [-0.25, -0.2) is 4.68 Å². The number of benzene rings is 2. The van der Waals surface area contributed by atoms with Gasteiger partial charge in [0.25, 0.3) is 5.91 Å². The molecule has 0 aliphatic carbocycles. The zero-order valence-corrected chi connectivity index (χ0v) is 16.4. The normalized spacial score (nSPS) is 15.3. The van der Waals surface area contributed by atoms with E-state index in [0.29, 0.717) is 24.2 Å². The van der Waals surface area contributed by atoms with Crippen LogP contribution in [0.15, 0.2) is 30.3 Å². The second-order valence-electron chi connectivity index (χ2n) is 6.92. The minimum absolute atomic E-state index is 0.162. The molecule has 1 aliphatic rings. The van der Waals surface area contributed by atoms with Gasteiger partial charge in [0.2, 0.25) is 0 Å². The Morgan fingerprint density at radius 1 is 1.32 bits per heavy atom. The number of hydrogen-bond donors (Lipinski definition) is 1. The van der Waals surface area contributed by atoms with Crippen molar-refractivity contribution in [3.05, 3.63) is 47.0 Å². The number of aromatic nitrogens is 3. The summed E-state index contributed by atoms with van der Waals surface area (Å²) in [7, 11) is 0. The highest BCUT2D eigenvalue weighted by Gasteiger charge is 2.22. The van der Waals surface area contributed by atoms with E-state index in [0.717, 1.165) is 41.1 Å². The lowest BCUT2D eigenvalue weighted by molar-refractivity contribution is 0.0950. The zero-order valence-electron chi connectivity index (χ0n) is 16.4. The van der Waals surface area contributed by atoms with Crippen LogP contribution >= 0.6 is 0 Å². The average molecular weight is 380 g/mol. The molecule has 1 N–H and O–H groups in total. The molecule has 4 rings (SSSR count). The van der Waals surface area contributed by atoms with Crippen LogP contribution in [0.4, 0.5) is 0 Å². The van der Waals surface area contributed by atoms with Gasteiger partial charge in [0.1, 0.15) is 23.1 Å². The molecule has 0 saturated carbocycles. The molecule has 2 heterocycles. The first-order valence-corrected chi connectivity index (χ1v) is 9.65. The molecule has 0 radical (unpaired) electrons. The lowest BCUT2D eigenvalue weighted by Crippen LogP contribution is -2.23. The van der Waals surface area contributed by atoms with E-state index in [2.05, 4.69) is 15.6 Å². The van der Waals surface area contributed by atoms with Crippen molar-refractivity contribution < 1.29 is 14.3 Å². The van der Waals surface area contributed by atoms with E-state index in [4.69, 9.17) is 9.47 Å². The first-order chi connectivity index (χ1) is 13.6. The van der Waals surface area contributed by atoms with Crippen molar-refractivity contribution in [1.82, 2.24) is 20.3 Å². The second-order valence-corrected chi connectivity index (χ2v) is 6.92. The molecule has 2 aromatic carbocycles. The topological polar surface area (TPSA) is 78.3 Å². The van der Waals surface area contributed by atoms with E-state index in [-0.39, 0.29) is 12.0 Å². The van der Waals surface area contributed by atoms with Crippen LogP contribution in [0.2, 0.25) is 0 Å². The summed E-state index contributed by atoms with van der Waals surface area (Å²) >= 11 is 0. The van der Waals surface area contributed by atoms with Gasteiger partial charge >= 0.3 is 0 Å². The van der Waals surface area contributed by atoms with Crippen molar-refractivity contribution in [3.63, 3.8) is 0 Å². The number of nitrogens with one attached hydrogen (secondary N) is 1. The quantitative estimate of drug-likeness (QED) is 0.711. The number of rotatable bonds is 6. The Balaban J connectivity index is 1.52. The van der Waals surface area contributed by atoms with Crippen molar-refractivity contribution >= 4 is 16.9 Å². The Labute approximate surface area is 163 Å². The third-order valence-corrected chi connectivity index (χ3v) is 4.89. The Morgan fingerprint density at radius 2 is 2.18 bits per heavy atom. The van der Waals surface area contributed by atoms with Crippen molar-refractivity contribution in [2.45, 2.75) is 46.4 Å². The molecule has 1 atom stereocenters. The minimum atomic E-state index is -0.162. The van der Waals surface area contributed by atoms with Gasteiger partial charge in [0, 0.05) is 36.2 Å². The smallest absolute Gasteiger partial charge is 0.251 e. The summed E-state index contributed by atoms with van der Waals surface area (Å²) in [5.41, 5.74) is 4.24. The molecule has 0 saturated heterocycles. The molecule has 0 spiro atoms. The predicted molar refractivity (Wildman–Crippen MR) is 106 cm³/mol. The number of carbonyl (C=O) groups is 1. The van der Waals surface area contributed by atoms with Crippen LogP contribution in [0.3, 0.4) is 0 Å². The van der Waals surface area contributed by atoms with E-state index >= 15 is 0 Å². The fourth-order valence-corrected chi connectivity index (χ4v) is 3.53. The highest BCUT2D eigenvalue weighted by Crippen LogP contribution is 2.35. The Kier molecular flexibility index (Phi) is 4.90. The van der Waals surface area contributed by atoms with Crippen molar-refractivity contribution in [2.75, 3.05) is 6.61 Å². The van der Waals surface area contributed by atoms with Gasteiger partial charge in [-0.1, -0.05) is 5.21 Å². The fraction of sp³-hybridized carbons (Fsp3) is 0.381. The summed E-state index contributed by atoms with van der Waals surface area (Å²) in [6, 6.07) is 9.44. The van der Waals surface area contributed by atoms with Crippen LogP contribution in [-0.2, 0) is 19.5 Å². The number of aryl methyl sites for hydroxylation is 1. The summed E-state index contributed by atoms with van der Waals surface area (Å²) < 4.78 is 13.4. The number of amides is 1. The molecule has 146 valence electrons. The maximum Gasteiger partial charge on any atom is 0.251 e. The van der Waals surface area contributed by atoms with Gasteiger partial charge in [0.15, 0.2) is 0 Å². The molecule has 1 aliphatic heterocycles. The van der Waals surface area contributed by atoms with E-state index in [1.807, 2.05) is 39.0 Å². The molecule has 1 amide bonds. The van der Waals surface area contributed by atoms with Crippen molar-refractivity contribution in [1.29, 1.82) is 0 Å². The van der Waals surface area contributed by atoms with Gasteiger partial charge in [-0.05, 0) is 51.1 Å². The van der Waals surface area contributed by atoms with E-state index in [9.17, 15) is 4.79 Å². The molecule has 28 heavy (non-hydrogen) atoms. The standard InChI is InChI=1S/C21H24N4O3/c1-4-25-18-7-6-14(9-17(18)23-24-25)21(26)22-12-16-11-20-15(8-13(3)28-20)10-19(16)27-5-2/h6-7,9-11,13H,4-5,8,12H2,1-3H3,(H,22,26)/t13-/m1/s1. The zero-order chi connectivity index (χ0) is 19.7. The first kappa shape index (κ1) is 18.3. The maximum atomic E-state index is 12.7. The fourth-order valence-electron chi connectivity index (χ4n) is 3.53. The van der Waals surface area contributed by atoms with Crippen molar-refractivity contribution in [3.8, 4) is 11.5 Å². The molecule has 7 heteroatoms. The van der Waals surface area contributed by atoms with Crippen LogP contribution < -0.4 is 14.8 Å². The number of fused-ring (bicyclic) bond motifs is 2. The van der Waals surface area contributed by atoms with Crippen LogP contribution in [0.25, 0.3) is 11.0 Å². The van der Waals surface area contributed by atoms with E-state index < -0.39 is 0 Å². The molecular weight excluding hydrogens is 356 g/mol. The van der Waals surface area contributed by atoms with Gasteiger partial charge in [-0.15, -0.1) is 5.10 Å². The third kappa shape index (κ3) is 3.40. The maximum absolute atomic E-state index is 12.7. The Bertz CT molecular complexity index is 1030. The van der Waals surface area contributed by atoms with E-state index in [1.54, 1.807) is 16.8 Å². The lowest BCUT2D eigenvalue weighted by Gasteiger charge is -2.13. The first-order valence-electron chi connectivity index (χ1n) is 9.65. The van der Waals surface area contributed by atoms with Crippen LogP contribution in [0, 0.1) is 0 Å². The Morgan fingerprint density at radius 3 is 2.96 bits per heavy atom. The molecule has 3 aromatic rings. The molecule has 0 bridgehead atoms. The highest BCUT2D eigenvalue weighted by atomic mass is 16.5. The molecule has 7 nitrogen and oxygen atoms in total. The van der Waals surface area contributed by atoms with E-state index in [1.165, 1.54) is 0 Å². The third-order valence-electron chi connectivity index (χ3n) is 4.89. The summed E-state index contributed by atoms with van der Waals surface area (Å²) in [6.45, 7) is 7.67. The minimum Gasteiger partial charge on any atom is -0.494 e. The molecule has 1 aromatic heterocycles. The Hall–Kier alpha value is -3.09. The number of hydrogen-bond acceptors (Lipinski definition) is 5. The van der Waals surface area contributed by atoms with Gasteiger partial charge in [-0.2, -0.15) is 0 Å². The summed E-state index contributed by atoms with van der Waals surface area (Å²) in [6.07, 6.45) is 1.04. The second kappa shape index (κ2) is 7.50. The number of carbonyl (C=O) groups excluding carboxylic acids is 1. The average Bonchev–Trinajstić information content (AvgIpc) is 3.27. The monoisotopic (exact) mass is 380 g/mol. The number of nitrogens with zero attached hydrogens (tertiary/aromatic N) is 3. The van der Waals surface area contributed by atoms with Gasteiger partial charge in [0.05, 0.1) is 12.1 Å². The van der Waals surface area contributed by atoms with Gasteiger partial charge in [-0.3, -0.25) is 4.79 Å². The molecule has 0 fully saturated rings. The summed E-state index contributed by atoms with van der Waals surface area (Å²) in [5, 5.41) is 11.2. The van der Waals surface area contributed by atoms with Crippen LogP contribution in [0.1, 0.15) is 42.3 Å². The number of ether oxygens (including phenoxy) is 2. The SMILES string of the molecule is CCOc1cc2c(cc1CNC(=O)c1ccc3c(c1)nnn3CC)O[C@H](C)C2. The van der Waals surface area contributed by atoms with Crippen LogP contribution in [0.5, 0.6) is 11.5 Å². The predicted octanol–water partition coefficient (Wildman–Crippen LogP) is 3.10. The summed E-state index contributed by atoms with van der Waals surface area (Å²) in [4.78, 5) is 12.7. The molecular formula is C21H24N4O3. The highest BCUT2D eigenvalue weighted by molar-refractivity contribution is 5.97. The summed E-state index contributed by atoms with van der Waals surface area (Å²) in [5.74, 6) is 1.50. The van der Waals surface area contributed by atoms with Gasteiger partial charge < -0.3 is 14.8 Å². The lowest BCUT2D eigenvalue weighted by atomic mass is 10.1.